The maximum absolute atomic E-state index is 11.4. The van der Waals surface area contributed by atoms with E-state index in [1.807, 2.05) is 24.3 Å². The van der Waals surface area contributed by atoms with Gasteiger partial charge in [0.25, 0.3) is 0 Å². The van der Waals surface area contributed by atoms with Crippen LogP contribution in [0.5, 0.6) is 5.75 Å². The zero-order chi connectivity index (χ0) is 21.3. The van der Waals surface area contributed by atoms with Gasteiger partial charge in [-0.05, 0) is 36.8 Å². The van der Waals surface area contributed by atoms with Gasteiger partial charge in [0.15, 0.2) is 0 Å². The Morgan fingerprint density at radius 1 is 1.27 bits per heavy atom. The minimum atomic E-state index is -0.0261. The van der Waals surface area contributed by atoms with Gasteiger partial charge in [0.05, 0.1) is 23.3 Å². The number of benzene rings is 2. The van der Waals surface area contributed by atoms with Crippen molar-refractivity contribution in [3.05, 3.63) is 41.4 Å². The fourth-order valence-corrected chi connectivity index (χ4v) is 3.74. The lowest BCUT2D eigenvalue weighted by Crippen LogP contribution is -2.35. The Labute approximate surface area is 179 Å². The van der Waals surface area contributed by atoms with Crippen LogP contribution in [0.3, 0.4) is 0 Å². The van der Waals surface area contributed by atoms with E-state index in [1.54, 1.807) is 19.2 Å². The molecule has 3 aromatic rings. The predicted molar refractivity (Wildman–Crippen MR) is 120 cm³/mol. The quantitative estimate of drug-likeness (QED) is 0.537. The third kappa shape index (κ3) is 4.18. The van der Waals surface area contributed by atoms with Crippen molar-refractivity contribution in [3.63, 3.8) is 0 Å². The number of halogens is 1. The van der Waals surface area contributed by atoms with Crippen LogP contribution in [0.4, 0.5) is 23.1 Å². The number of ether oxygens (including phenoxy) is 1. The molecule has 30 heavy (non-hydrogen) atoms. The van der Waals surface area contributed by atoms with E-state index in [4.69, 9.17) is 27.1 Å². The number of amides is 1. The molecule has 1 unspecified atom stereocenters. The highest BCUT2D eigenvalue weighted by atomic mass is 35.5. The van der Waals surface area contributed by atoms with Crippen molar-refractivity contribution < 1.29 is 9.53 Å². The zero-order valence-electron chi connectivity index (χ0n) is 16.8. The molecule has 0 aliphatic carbocycles. The number of nitrogens with one attached hydrogen (secondary N) is 2. The topological polar surface area (TPSA) is 105 Å². The van der Waals surface area contributed by atoms with E-state index in [0.29, 0.717) is 29.0 Å². The molecule has 2 aromatic carbocycles. The molecule has 0 radical (unpaired) electrons. The first-order valence-electron chi connectivity index (χ1n) is 9.63. The summed E-state index contributed by atoms with van der Waals surface area (Å²) >= 11 is 6.02. The van der Waals surface area contributed by atoms with Gasteiger partial charge in [0.1, 0.15) is 11.6 Å². The second-order valence-corrected chi connectivity index (χ2v) is 7.65. The molecule has 1 aliphatic heterocycles. The van der Waals surface area contributed by atoms with Gasteiger partial charge in [0.2, 0.25) is 11.9 Å². The molecular weight excluding hydrogens is 404 g/mol. The number of carbonyl (C=O) groups excluding carboxylic acids is 1. The molecule has 0 bridgehead atoms. The lowest BCUT2D eigenvalue weighted by atomic mass is 10.2. The predicted octanol–water partition coefficient (Wildman–Crippen LogP) is 3.33. The Kier molecular flexibility index (Phi) is 5.50. The van der Waals surface area contributed by atoms with Crippen LogP contribution in [-0.2, 0) is 4.79 Å². The molecule has 4 rings (SSSR count). The minimum Gasteiger partial charge on any atom is -0.497 e. The third-order valence-corrected chi connectivity index (χ3v) is 5.38. The lowest BCUT2D eigenvalue weighted by Gasteiger charge is -2.21. The van der Waals surface area contributed by atoms with E-state index in [9.17, 15) is 4.79 Å². The normalized spacial score (nSPS) is 16.0. The highest BCUT2D eigenvalue weighted by Gasteiger charge is 2.26. The highest BCUT2D eigenvalue weighted by Crippen LogP contribution is 2.32. The molecule has 1 amide bonds. The first kappa shape index (κ1) is 20.0. The van der Waals surface area contributed by atoms with Gasteiger partial charge in [-0.2, -0.15) is 4.98 Å². The SMILES string of the molecule is COc1ccc2c(N3CCC(NC(C)=O)C3)nc(Nc3ccc(Cl)c(N)c3)nc2c1. The Hall–Kier alpha value is -3.26. The van der Waals surface area contributed by atoms with Crippen LogP contribution in [0.15, 0.2) is 36.4 Å². The number of aromatic nitrogens is 2. The fourth-order valence-electron chi connectivity index (χ4n) is 3.63. The van der Waals surface area contributed by atoms with Crippen LogP contribution in [0.2, 0.25) is 5.02 Å². The number of rotatable bonds is 5. The Morgan fingerprint density at radius 2 is 2.10 bits per heavy atom. The van der Waals surface area contributed by atoms with Crippen LogP contribution < -0.4 is 26.0 Å². The number of nitrogens with zero attached hydrogens (tertiary/aromatic N) is 3. The number of hydrogen-bond donors (Lipinski definition) is 3. The Balaban J connectivity index is 1.72. The smallest absolute Gasteiger partial charge is 0.229 e. The van der Waals surface area contributed by atoms with Gasteiger partial charge < -0.3 is 26.0 Å². The molecule has 8 nitrogen and oxygen atoms in total. The van der Waals surface area contributed by atoms with E-state index < -0.39 is 0 Å². The number of carbonyl (C=O) groups is 1. The maximum atomic E-state index is 11.4. The van der Waals surface area contributed by atoms with E-state index in [0.717, 1.165) is 35.4 Å². The highest BCUT2D eigenvalue weighted by molar-refractivity contribution is 6.33. The third-order valence-electron chi connectivity index (χ3n) is 5.03. The van der Waals surface area contributed by atoms with Crippen molar-refractivity contribution in [2.24, 2.45) is 0 Å². The Morgan fingerprint density at radius 3 is 2.83 bits per heavy atom. The average molecular weight is 427 g/mol. The van der Waals surface area contributed by atoms with Crippen LogP contribution >= 0.6 is 11.6 Å². The first-order chi connectivity index (χ1) is 14.4. The van der Waals surface area contributed by atoms with E-state index in [2.05, 4.69) is 20.5 Å². The standard InChI is InChI=1S/C21H23ClN6O2/c1-12(29)24-14-7-8-28(11-14)20-16-5-4-15(30-2)10-19(16)26-21(27-20)25-13-3-6-17(22)18(23)9-13/h3-6,9-10,14H,7-8,11,23H2,1-2H3,(H,24,29)(H,25,26,27). The van der Waals surface area contributed by atoms with Crippen molar-refractivity contribution in [3.8, 4) is 5.75 Å². The first-order valence-corrected chi connectivity index (χ1v) is 10.0. The molecule has 9 heteroatoms. The molecular formula is C21H23ClN6O2. The van der Waals surface area contributed by atoms with Crippen molar-refractivity contribution in [1.29, 1.82) is 0 Å². The monoisotopic (exact) mass is 426 g/mol. The van der Waals surface area contributed by atoms with Gasteiger partial charge in [-0.1, -0.05) is 11.6 Å². The second-order valence-electron chi connectivity index (χ2n) is 7.25. The number of hydrogen-bond acceptors (Lipinski definition) is 7. The van der Waals surface area contributed by atoms with Crippen LogP contribution in [0, 0.1) is 0 Å². The Bertz CT molecular complexity index is 1110. The van der Waals surface area contributed by atoms with Gasteiger partial charge in [-0.25, -0.2) is 4.98 Å². The summed E-state index contributed by atoms with van der Waals surface area (Å²) in [5.74, 6) is 1.93. The summed E-state index contributed by atoms with van der Waals surface area (Å²) < 4.78 is 5.36. The summed E-state index contributed by atoms with van der Waals surface area (Å²) in [6.45, 7) is 3.01. The van der Waals surface area contributed by atoms with Crippen molar-refractivity contribution >= 4 is 51.6 Å². The largest absolute Gasteiger partial charge is 0.497 e. The molecule has 1 fully saturated rings. The molecule has 0 spiro atoms. The number of fused-ring (bicyclic) bond motifs is 1. The molecule has 1 aliphatic rings. The number of nitrogen functional groups attached to an aromatic ring is 1. The lowest BCUT2D eigenvalue weighted by molar-refractivity contribution is -0.119. The van der Waals surface area contributed by atoms with E-state index >= 15 is 0 Å². The molecule has 4 N–H and O–H groups in total. The van der Waals surface area contributed by atoms with E-state index in [-0.39, 0.29) is 11.9 Å². The summed E-state index contributed by atoms with van der Waals surface area (Å²) in [5, 5.41) is 7.61. The summed E-state index contributed by atoms with van der Waals surface area (Å²) in [5.41, 5.74) is 7.88. The van der Waals surface area contributed by atoms with E-state index in [1.165, 1.54) is 6.92 Å². The fraction of sp³-hybridized carbons (Fsp3) is 0.286. The maximum Gasteiger partial charge on any atom is 0.229 e. The van der Waals surface area contributed by atoms with Gasteiger partial charge >= 0.3 is 0 Å². The van der Waals surface area contributed by atoms with Crippen LogP contribution in [0.1, 0.15) is 13.3 Å². The van der Waals surface area contributed by atoms with Gasteiger partial charge in [-0.15, -0.1) is 0 Å². The zero-order valence-corrected chi connectivity index (χ0v) is 17.5. The molecule has 2 heterocycles. The van der Waals surface area contributed by atoms with Crippen LogP contribution in [-0.4, -0.2) is 42.1 Å². The van der Waals surface area contributed by atoms with Gasteiger partial charge in [0, 0.05) is 43.2 Å². The molecule has 1 saturated heterocycles. The summed E-state index contributed by atoms with van der Waals surface area (Å²) in [6.07, 6.45) is 0.859. The molecule has 156 valence electrons. The van der Waals surface area contributed by atoms with Gasteiger partial charge in [-0.3, -0.25) is 4.79 Å². The van der Waals surface area contributed by atoms with Crippen LogP contribution in [0.25, 0.3) is 10.9 Å². The van der Waals surface area contributed by atoms with Crippen molar-refractivity contribution in [2.75, 3.05) is 36.1 Å². The molecule has 1 aromatic heterocycles. The average Bonchev–Trinajstić information content (AvgIpc) is 3.17. The van der Waals surface area contributed by atoms with Crippen molar-refractivity contribution in [2.45, 2.75) is 19.4 Å². The molecule has 1 atom stereocenters. The number of methoxy groups -OCH3 is 1. The number of nitrogens with two attached hydrogens (primary N) is 1. The minimum absolute atomic E-state index is 0.0261. The second kappa shape index (κ2) is 8.23. The summed E-state index contributed by atoms with van der Waals surface area (Å²) in [4.78, 5) is 23.0. The summed E-state index contributed by atoms with van der Waals surface area (Å²) in [7, 11) is 1.62. The van der Waals surface area contributed by atoms with Crippen molar-refractivity contribution in [1.82, 2.24) is 15.3 Å². The number of anilines is 4. The molecule has 0 saturated carbocycles. The summed E-state index contributed by atoms with van der Waals surface area (Å²) in [6, 6.07) is 11.1.